The molecule has 0 spiro atoms. The van der Waals surface area contributed by atoms with E-state index in [0.717, 1.165) is 12.8 Å². The Labute approximate surface area is 200 Å². The maximum atomic E-state index is 12.7. The zero-order valence-corrected chi connectivity index (χ0v) is 19.3. The molecule has 0 aromatic heterocycles. The summed E-state index contributed by atoms with van der Waals surface area (Å²) in [7, 11) is 0. The first-order valence-electron chi connectivity index (χ1n) is 10.9. The molecule has 0 saturated heterocycles. The molecule has 0 fully saturated rings. The standard InChI is InChI=1S/C27H27N3O2S/c28-18-7-19-30(20-16-22-8-3-1-4-9-22)27(33)29-26(31)24-12-14-25(15-13-24)32-21-17-23-10-5-2-6-11-23/h1-6,8-15H,7,16-17,19-21H2,(H,29,31,33). The van der Waals surface area contributed by atoms with Gasteiger partial charge in [0.2, 0.25) is 0 Å². The molecule has 1 N–H and O–H groups in total. The van der Waals surface area contributed by atoms with E-state index in [1.807, 2.05) is 53.4 Å². The lowest BCUT2D eigenvalue weighted by Crippen LogP contribution is -2.44. The Bertz CT molecular complexity index is 1060. The molecular weight excluding hydrogens is 430 g/mol. The first-order valence-corrected chi connectivity index (χ1v) is 11.3. The lowest BCUT2D eigenvalue weighted by molar-refractivity contribution is 0.0973. The highest BCUT2D eigenvalue weighted by Crippen LogP contribution is 2.13. The predicted molar refractivity (Wildman–Crippen MR) is 134 cm³/mol. The Morgan fingerprint density at radius 3 is 2.09 bits per heavy atom. The zero-order valence-electron chi connectivity index (χ0n) is 18.4. The van der Waals surface area contributed by atoms with Crippen LogP contribution in [0.25, 0.3) is 0 Å². The number of hydrogen-bond donors (Lipinski definition) is 1. The maximum Gasteiger partial charge on any atom is 0.257 e. The fourth-order valence-corrected chi connectivity index (χ4v) is 3.57. The topological polar surface area (TPSA) is 65.4 Å². The van der Waals surface area contributed by atoms with Crippen LogP contribution in [0.15, 0.2) is 84.9 Å². The molecule has 33 heavy (non-hydrogen) atoms. The third-order valence-corrected chi connectivity index (χ3v) is 5.49. The van der Waals surface area contributed by atoms with Gasteiger partial charge in [0.05, 0.1) is 19.1 Å². The Balaban J connectivity index is 1.50. The number of nitrogens with zero attached hydrogens (tertiary/aromatic N) is 2. The van der Waals surface area contributed by atoms with E-state index < -0.39 is 0 Å². The van der Waals surface area contributed by atoms with E-state index in [0.29, 0.717) is 42.5 Å². The van der Waals surface area contributed by atoms with E-state index in [4.69, 9.17) is 22.2 Å². The molecule has 0 saturated carbocycles. The minimum atomic E-state index is -0.280. The molecule has 3 aromatic carbocycles. The van der Waals surface area contributed by atoms with Crippen molar-refractivity contribution < 1.29 is 9.53 Å². The molecule has 3 aromatic rings. The fraction of sp³-hybridized carbons (Fsp3) is 0.222. The van der Waals surface area contributed by atoms with Crippen LogP contribution in [0.3, 0.4) is 0 Å². The van der Waals surface area contributed by atoms with Gasteiger partial charge in [0.25, 0.3) is 5.91 Å². The van der Waals surface area contributed by atoms with Gasteiger partial charge < -0.3 is 9.64 Å². The summed E-state index contributed by atoms with van der Waals surface area (Å²) in [6.07, 6.45) is 1.93. The summed E-state index contributed by atoms with van der Waals surface area (Å²) in [5.41, 5.74) is 2.89. The highest BCUT2D eigenvalue weighted by atomic mass is 32.1. The average molecular weight is 458 g/mol. The van der Waals surface area contributed by atoms with Gasteiger partial charge in [-0.3, -0.25) is 10.1 Å². The summed E-state index contributed by atoms with van der Waals surface area (Å²) in [6.45, 7) is 1.66. The minimum Gasteiger partial charge on any atom is -0.493 e. The normalized spacial score (nSPS) is 10.2. The van der Waals surface area contributed by atoms with E-state index >= 15 is 0 Å². The number of carbonyl (C=O) groups is 1. The smallest absolute Gasteiger partial charge is 0.257 e. The Morgan fingerprint density at radius 1 is 0.879 bits per heavy atom. The number of rotatable bonds is 10. The van der Waals surface area contributed by atoms with Crippen molar-refractivity contribution in [1.29, 1.82) is 5.26 Å². The van der Waals surface area contributed by atoms with Crippen molar-refractivity contribution in [2.75, 3.05) is 19.7 Å². The molecule has 0 bridgehead atoms. The van der Waals surface area contributed by atoms with Crippen LogP contribution < -0.4 is 10.1 Å². The molecule has 0 radical (unpaired) electrons. The van der Waals surface area contributed by atoms with Crippen molar-refractivity contribution >= 4 is 23.2 Å². The number of hydrogen-bond acceptors (Lipinski definition) is 4. The molecule has 0 aliphatic carbocycles. The maximum absolute atomic E-state index is 12.7. The van der Waals surface area contributed by atoms with Crippen molar-refractivity contribution in [3.05, 3.63) is 102 Å². The molecule has 0 heterocycles. The number of nitriles is 1. The van der Waals surface area contributed by atoms with Gasteiger partial charge in [-0.15, -0.1) is 0 Å². The number of nitrogens with one attached hydrogen (secondary N) is 1. The third kappa shape index (κ3) is 8.06. The number of carbonyl (C=O) groups excluding carboxylic acids is 1. The van der Waals surface area contributed by atoms with E-state index in [1.54, 1.807) is 24.3 Å². The number of ether oxygens (including phenoxy) is 1. The Hall–Kier alpha value is -3.69. The molecular formula is C27H27N3O2S. The molecule has 0 atom stereocenters. The number of benzene rings is 3. The lowest BCUT2D eigenvalue weighted by atomic mass is 10.1. The van der Waals surface area contributed by atoms with Crippen LogP contribution in [0.5, 0.6) is 5.75 Å². The number of thiocarbonyl (C=S) groups is 1. The van der Waals surface area contributed by atoms with Gasteiger partial charge in [0.15, 0.2) is 5.11 Å². The van der Waals surface area contributed by atoms with Gasteiger partial charge in [0, 0.05) is 25.1 Å². The molecule has 0 unspecified atom stereocenters. The van der Waals surface area contributed by atoms with Crippen LogP contribution in [-0.4, -0.2) is 35.6 Å². The van der Waals surface area contributed by atoms with Gasteiger partial charge in [0.1, 0.15) is 5.75 Å². The Kier molecular flexibility index (Phi) is 9.44. The fourth-order valence-electron chi connectivity index (χ4n) is 3.29. The van der Waals surface area contributed by atoms with E-state index in [1.165, 1.54) is 11.1 Å². The highest BCUT2D eigenvalue weighted by molar-refractivity contribution is 7.80. The van der Waals surface area contributed by atoms with Gasteiger partial charge in [-0.05, 0) is 54.0 Å². The van der Waals surface area contributed by atoms with Crippen LogP contribution in [-0.2, 0) is 12.8 Å². The minimum absolute atomic E-state index is 0.280. The number of amides is 1. The average Bonchev–Trinajstić information content (AvgIpc) is 2.85. The van der Waals surface area contributed by atoms with Crippen molar-refractivity contribution in [3.8, 4) is 11.8 Å². The summed E-state index contributed by atoms with van der Waals surface area (Å²) in [5.74, 6) is 0.432. The summed E-state index contributed by atoms with van der Waals surface area (Å²) >= 11 is 5.47. The van der Waals surface area contributed by atoms with Crippen molar-refractivity contribution in [1.82, 2.24) is 10.2 Å². The summed E-state index contributed by atoms with van der Waals surface area (Å²) in [5, 5.41) is 12.1. The van der Waals surface area contributed by atoms with Crippen LogP contribution in [0.4, 0.5) is 0 Å². The van der Waals surface area contributed by atoms with Crippen molar-refractivity contribution in [2.45, 2.75) is 19.3 Å². The molecule has 0 aliphatic heterocycles. The monoisotopic (exact) mass is 457 g/mol. The van der Waals surface area contributed by atoms with Crippen LogP contribution in [0, 0.1) is 11.3 Å². The van der Waals surface area contributed by atoms with Gasteiger partial charge in [-0.1, -0.05) is 60.7 Å². The molecule has 0 aliphatic rings. The summed E-state index contributed by atoms with van der Waals surface area (Å²) < 4.78 is 5.79. The van der Waals surface area contributed by atoms with Crippen LogP contribution in [0.2, 0.25) is 0 Å². The SMILES string of the molecule is N#CCCN(CCc1ccccc1)C(=S)NC(=O)c1ccc(OCCc2ccccc2)cc1. The molecule has 168 valence electrons. The van der Waals surface area contributed by atoms with Crippen molar-refractivity contribution in [3.63, 3.8) is 0 Å². The molecule has 5 nitrogen and oxygen atoms in total. The molecule has 1 amide bonds. The van der Waals surface area contributed by atoms with Crippen LogP contribution >= 0.6 is 12.2 Å². The summed E-state index contributed by atoms with van der Waals surface area (Å²) in [4.78, 5) is 14.6. The van der Waals surface area contributed by atoms with Crippen LogP contribution in [0.1, 0.15) is 27.9 Å². The van der Waals surface area contributed by atoms with Gasteiger partial charge >= 0.3 is 0 Å². The lowest BCUT2D eigenvalue weighted by Gasteiger charge is -2.24. The van der Waals surface area contributed by atoms with Gasteiger partial charge in [-0.2, -0.15) is 5.26 Å². The third-order valence-electron chi connectivity index (χ3n) is 5.13. The first kappa shape index (κ1) is 24.0. The summed E-state index contributed by atoms with van der Waals surface area (Å²) in [6, 6.07) is 29.4. The molecule has 3 rings (SSSR count). The molecule has 6 heteroatoms. The quantitative estimate of drug-likeness (QED) is 0.444. The van der Waals surface area contributed by atoms with Crippen molar-refractivity contribution in [2.24, 2.45) is 0 Å². The Morgan fingerprint density at radius 2 is 1.48 bits per heavy atom. The zero-order chi connectivity index (χ0) is 23.3. The first-order chi connectivity index (χ1) is 16.2. The second-order valence-electron chi connectivity index (χ2n) is 7.50. The predicted octanol–water partition coefficient (Wildman–Crippen LogP) is 4.78. The largest absolute Gasteiger partial charge is 0.493 e. The van der Waals surface area contributed by atoms with Gasteiger partial charge in [-0.25, -0.2) is 0 Å². The highest BCUT2D eigenvalue weighted by Gasteiger charge is 2.14. The van der Waals surface area contributed by atoms with E-state index in [-0.39, 0.29) is 5.91 Å². The van der Waals surface area contributed by atoms with E-state index in [2.05, 4.69) is 23.5 Å². The van der Waals surface area contributed by atoms with E-state index in [9.17, 15) is 4.79 Å². The second-order valence-corrected chi connectivity index (χ2v) is 7.89. The second kappa shape index (κ2) is 13.0.